The van der Waals surface area contributed by atoms with E-state index in [0.29, 0.717) is 12.1 Å². The van der Waals surface area contributed by atoms with Gasteiger partial charge in [-0.25, -0.2) is 9.18 Å². The molecule has 6 nitrogen and oxygen atoms in total. The molecule has 1 saturated heterocycles. The SMILES string of the molecule is C1COCCN1.CCn1cc(C(=O)O)c(=O)c(-c2ccc(F)cc2)c1. The Balaban J connectivity index is 0.000000316. The summed E-state index contributed by atoms with van der Waals surface area (Å²) in [6, 6.07) is 5.38. The average Bonchev–Trinajstić information content (AvgIpc) is 2.64. The first kappa shape index (κ1) is 18.8. The average molecular weight is 348 g/mol. The Morgan fingerprint density at radius 1 is 1.24 bits per heavy atom. The Labute approximate surface area is 144 Å². The van der Waals surface area contributed by atoms with Crippen molar-refractivity contribution in [2.45, 2.75) is 13.5 Å². The van der Waals surface area contributed by atoms with Gasteiger partial charge in [0.2, 0.25) is 5.43 Å². The number of morpholine rings is 1. The van der Waals surface area contributed by atoms with Gasteiger partial charge in [-0.1, -0.05) is 12.1 Å². The normalized spacial score (nSPS) is 13.7. The molecule has 2 aromatic rings. The number of benzene rings is 1. The van der Waals surface area contributed by atoms with Crippen LogP contribution in [-0.4, -0.2) is 41.9 Å². The second kappa shape index (κ2) is 9.10. The molecule has 1 aromatic heterocycles. The van der Waals surface area contributed by atoms with Gasteiger partial charge in [0.1, 0.15) is 11.4 Å². The van der Waals surface area contributed by atoms with Gasteiger partial charge >= 0.3 is 5.97 Å². The Hall–Kier alpha value is -2.51. The van der Waals surface area contributed by atoms with E-state index in [1.165, 1.54) is 30.5 Å². The van der Waals surface area contributed by atoms with Gasteiger partial charge in [0.05, 0.1) is 13.2 Å². The number of hydrogen-bond acceptors (Lipinski definition) is 4. The standard InChI is InChI=1S/C14H12FNO3.C4H9NO/c1-2-16-7-11(9-3-5-10(15)6-4-9)13(17)12(8-16)14(18)19;1-3-6-4-2-5-1/h3-8H,2H2,1H3,(H,18,19);5H,1-4H2. The number of ether oxygens (including phenoxy) is 1. The van der Waals surface area contributed by atoms with E-state index in [2.05, 4.69) is 5.32 Å². The summed E-state index contributed by atoms with van der Waals surface area (Å²) in [5, 5.41) is 12.2. The molecular weight excluding hydrogens is 327 g/mol. The zero-order valence-electron chi connectivity index (χ0n) is 14.0. The number of carboxylic acid groups (broad SMARTS) is 1. The molecule has 2 N–H and O–H groups in total. The van der Waals surface area contributed by atoms with Crippen LogP contribution in [0.15, 0.2) is 41.5 Å². The van der Waals surface area contributed by atoms with Crippen molar-refractivity contribution in [1.82, 2.24) is 9.88 Å². The first-order valence-electron chi connectivity index (χ1n) is 8.04. The molecule has 2 heterocycles. The number of rotatable bonds is 3. The van der Waals surface area contributed by atoms with Crippen LogP contribution >= 0.6 is 0 Å². The molecule has 0 atom stereocenters. The lowest BCUT2D eigenvalue weighted by Gasteiger charge is -2.10. The minimum atomic E-state index is -1.27. The summed E-state index contributed by atoms with van der Waals surface area (Å²) in [7, 11) is 0. The maximum Gasteiger partial charge on any atom is 0.341 e. The summed E-state index contributed by atoms with van der Waals surface area (Å²) in [5.41, 5.74) is -0.106. The van der Waals surface area contributed by atoms with E-state index in [4.69, 9.17) is 9.84 Å². The minimum absolute atomic E-state index is 0.252. The van der Waals surface area contributed by atoms with Gasteiger partial charge in [0.25, 0.3) is 0 Å². The van der Waals surface area contributed by atoms with Crippen molar-refractivity contribution >= 4 is 5.97 Å². The predicted octanol–water partition coefficient (Wildman–Crippen LogP) is 1.98. The van der Waals surface area contributed by atoms with E-state index in [0.717, 1.165) is 26.3 Å². The Morgan fingerprint density at radius 2 is 1.88 bits per heavy atom. The fourth-order valence-electron chi connectivity index (χ4n) is 2.32. The van der Waals surface area contributed by atoms with Gasteiger partial charge < -0.3 is 19.7 Å². The highest BCUT2D eigenvalue weighted by atomic mass is 19.1. The topological polar surface area (TPSA) is 80.6 Å². The third kappa shape index (κ3) is 5.23. The molecule has 0 radical (unpaired) electrons. The third-order valence-corrected chi connectivity index (χ3v) is 3.68. The van der Waals surface area contributed by atoms with Crippen molar-refractivity contribution in [3.63, 3.8) is 0 Å². The van der Waals surface area contributed by atoms with Crippen LogP contribution in [0.25, 0.3) is 11.1 Å². The summed E-state index contributed by atoms with van der Waals surface area (Å²) in [5.74, 6) is -1.68. The largest absolute Gasteiger partial charge is 0.477 e. The Bertz CT molecular complexity index is 756. The van der Waals surface area contributed by atoms with E-state index in [9.17, 15) is 14.0 Å². The summed E-state index contributed by atoms with van der Waals surface area (Å²) in [6.07, 6.45) is 2.87. The molecule has 0 amide bonds. The summed E-state index contributed by atoms with van der Waals surface area (Å²) in [4.78, 5) is 23.1. The molecule has 3 rings (SSSR count). The molecule has 1 aliphatic rings. The zero-order chi connectivity index (χ0) is 18.2. The first-order valence-corrected chi connectivity index (χ1v) is 8.04. The number of carboxylic acids is 1. The molecule has 25 heavy (non-hydrogen) atoms. The molecule has 0 spiro atoms. The van der Waals surface area contributed by atoms with Crippen LogP contribution in [0.3, 0.4) is 0 Å². The van der Waals surface area contributed by atoms with Crippen molar-refractivity contribution in [2.24, 2.45) is 0 Å². The predicted molar refractivity (Wildman–Crippen MR) is 92.4 cm³/mol. The summed E-state index contributed by atoms with van der Waals surface area (Å²) in [6.45, 7) is 6.21. The van der Waals surface area contributed by atoms with Crippen LogP contribution in [0.4, 0.5) is 4.39 Å². The smallest absolute Gasteiger partial charge is 0.341 e. The van der Waals surface area contributed by atoms with Crippen LogP contribution in [0.5, 0.6) is 0 Å². The van der Waals surface area contributed by atoms with Crippen LogP contribution < -0.4 is 10.7 Å². The highest BCUT2D eigenvalue weighted by Gasteiger charge is 2.14. The van der Waals surface area contributed by atoms with Crippen LogP contribution in [0, 0.1) is 5.82 Å². The summed E-state index contributed by atoms with van der Waals surface area (Å²) >= 11 is 0. The number of carbonyl (C=O) groups is 1. The zero-order valence-corrected chi connectivity index (χ0v) is 14.0. The molecule has 1 aliphatic heterocycles. The van der Waals surface area contributed by atoms with Crippen LogP contribution in [-0.2, 0) is 11.3 Å². The van der Waals surface area contributed by atoms with Crippen molar-refractivity contribution in [1.29, 1.82) is 0 Å². The molecule has 0 saturated carbocycles. The Morgan fingerprint density at radius 3 is 2.32 bits per heavy atom. The lowest BCUT2D eigenvalue weighted by Crippen LogP contribution is -2.30. The number of aromatic carboxylic acids is 1. The van der Waals surface area contributed by atoms with E-state index in [1.807, 2.05) is 6.92 Å². The van der Waals surface area contributed by atoms with Crippen molar-refractivity contribution < 1.29 is 19.0 Å². The number of aryl methyl sites for hydroxylation is 1. The molecular formula is C18H21FN2O4. The van der Waals surface area contributed by atoms with Gasteiger partial charge in [-0.3, -0.25) is 4.79 Å². The fourth-order valence-corrected chi connectivity index (χ4v) is 2.32. The minimum Gasteiger partial charge on any atom is -0.477 e. The fraction of sp³-hybridized carbons (Fsp3) is 0.333. The highest BCUT2D eigenvalue weighted by molar-refractivity contribution is 5.88. The molecule has 1 fully saturated rings. The van der Waals surface area contributed by atoms with Gasteiger partial charge in [-0.15, -0.1) is 0 Å². The Kier molecular flexibility index (Phi) is 6.85. The molecule has 134 valence electrons. The van der Waals surface area contributed by atoms with Gasteiger partial charge in [-0.2, -0.15) is 0 Å². The van der Waals surface area contributed by atoms with Crippen LogP contribution in [0.2, 0.25) is 0 Å². The number of halogens is 1. The van der Waals surface area contributed by atoms with E-state index < -0.39 is 17.2 Å². The van der Waals surface area contributed by atoms with Crippen molar-refractivity contribution in [3.05, 3.63) is 58.3 Å². The van der Waals surface area contributed by atoms with E-state index in [1.54, 1.807) is 10.8 Å². The van der Waals surface area contributed by atoms with Crippen molar-refractivity contribution in [2.75, 3.05) is 26.3 Å². The molecule has 0 unspecified atom stereocenters. The molecule has 0 bridgehead atoms. The highest BCUT2D eigenvalue weighted by Crippen LogP contribution is 2.16. The third-order valence-electron chi connectivity index (χ3n) is 3.68. The van der Waals surface area contributed by atoms with Gasteiger partial charge in [0.15, 0.2) is 0 Å². The number of nitrogens with one attached hydrogen (secondary N) is 1. The van der Waals surface area contributed by atoms with Crippen LogP contribution in [0.1, 0.15) is 17.3 Å². The van der Waals surface area contributed by atoms with Gasteiger partial charge in [-0.05, 0) is 24.6 Å². The second-order valence-electron chi connectivity index (χ2n) is 5.42. The number of pyridine rings is 1. The number of nitrogens with zero attached hydrogens (tertiary/aromatic N) is 1. The quantitative estimate of drug-likeness (QED) is 0.887. The summed E-state index contributed by atoms with van der Waals surface area (Å²) < 4.78 is 19.5. The molecule has 0 aliphatic carbocycles. The molecule has 1 aromatic carbocycles. The lowest BCUT2D eigenvalue weighted by atomic mass is 10.0. The number of hydrogen-bond donors (Lipinski definition) is 2. The van der Waals surface area contributed by atoms with Crippen molar-refractivity contribution in [3.8, 4) is 11.1 Å². The maximum absolute atomic E-state index is 12.9. The maximum atomic E-state index is 12.9. The van der Waals surface area contributed by atoms with E-state index >= 15 is 0 Å². The second-order valence-corrected chi connectivity index (χ2v) is 5.42. The number of aromatic nitrogens is 1. The van der Waals surface area contributed by atoms with E-state index in [-0.39, 0.29) is 11.1 Å². The lowest BCUT2D eigenvalue weighted by molar-refractivity contribution is 0.0694. The first-order chi connectivity index (χ1) is 12.0. The molecule has 7 heteroatoms. The monoisotopic (exact) mass is 348 g/mol. The van der Waals surface area contributed by atoms with Gasteiger partial charge in [0, 0.05) is 37.6 Å².